The zero-order valence-electron chi connectivity index (χ0n) is 26.8. The summed E-state index contributed by atoms with van der Waals surface area (Å²) in [5.74, 6) is 2.41. The number of rotatable bonds is 15. The van der Waals surface area contributed by atoms with Crippen LogP contribution in [-0.2, 0) is 22.6 Å². The van der Waals surface area contributed by atoms with E-state index < -0.39 is 5.25 Å². The summed E-state index contributed by atoms with van der Waals surface area (Å²) < 4.78 is 28.6. The van der Waals surface area contributed by atoms with Gasteiger partial charge < -0.3 is 34.3 Å². The molecule has 0 aliphatic carbocycles. The molecule has 0 saturated carbocycles. The van der Waals surface area contributed by atoms with Gasteiger partial charge in [-0.15, -0.1) is 0 Å². The van der Waals surface area contributed by atoms with Gasteiger partial charge in [0.15, 0.2) is 28.2 Å². The first kappa shape index (κ1) is 33.5. The van der Waals surface area contributed by atoms with Crippen molar-refractivity contribution in [3.63, 3.8) is 0 Å². The first-order chi connectivity index (χ1) is 22.8. The minimum absolute atomic E-state index is 0.0591. The summed E-state index contributed by atoms with van der Waals surface area (Å²) in [6.07, 6.45) is 1.68. The predicted octanol–water partition coefficient (Wildman–Crippen LogP) is 4.80. The second kappa shape index (κ2) is 15.6. The summed E-state index contributed by atoms with van der Waals surface area (Å²) in [5, 5.41) is 6.06. The van der Waals surface area contributed by atoms with Crippen LogP contribution in [-0.4, -0.2) is 61.3 Å². The lowest BCUT2D eigenvalue weighted by Crippen LogP contribution is -2.29. The molecule has 1 aromatic heterocycles. The van der Waals surface area contributed by atoms with Crippen LogP contribution in [0.4, 0.5) is 5.69 Å². The van der Waals surface area contributed by atoms with Crippen molar-refractivity contribution in [1.29, 1.82) is 0 Å². The van der Waals surface area contributed by atoms with Crippen LogP contribution in [0.1, 0.15) is 31.7 Å². The molecule has 0 unspecified atom stereocenters. The van der Waals surface area contributed by atoms with E-state index in [9.17, 15) is 14.4 Å². The molecule has 2 amide bonds. The third-order valence-corrected chi connectivity index (χ3v) is 9.01. The molecule has 13 heteroatoms. The van der Waals surface area contributed by atoms with Gasteiger partial charge in [-0.3, -0.25) is 19.0 Å². The number of methoxy groups -OCH3 is 3. The number of amides is 2. The second-order valence-electron chi connectivity index (χ2n) is 10.7. The Labute approximate surface area is 276 Å². The van der Waals surface area contributed by atoms with E-state index in [-0.39, 0.29) is 37.1 Å². The molecule has 0 bridgehead atoms. The normalized spacial score (nSPS) is 12.4. The Hall–Kier alpha value is -4.91. The van der Waals surface area contributed by atoms with Crippen molar-refractivity contribution in [2.24, 2.45) is 0 Å². The molecule has 47 heavy (non-hydrogen) atoms. The van der Waals surface area contributed by atoms with Crippen LogP contribution >= 0.6 is 11.8 Å². The number of ether oxygens (including phenoxy) is 5. The Morgan fingerprint density at radius 2 is 1.72 bits per heavy atom. The lowest BCUT2D eigenvalue weighted by molar-refractivity contribution is -0.121. The maximum atomic E-state index is 13.8. The number of nitrogens with zero attached hydrogens (tertiary/aromatic N) is 2. The topological polar surface area (TPSA) is 139 Å². The molecule has 12 nitrogen and oxygen atoms in total. The molecule has 0 spiro atoms. The van der Waals surface area contributed by atoms with Crippen LogP contribution in [0.5, 0.6) is 28.7 Å². The fourth-order valence-corrected chi connectivity index (χ4v) is 6.20. The third-order valence-electron chi connectivity index (χ3n) is 7.66. The van der Waals surface area contributed by atoms with Gasteiger partial charge in [0.2, 0.25) is 18.6 Å². The van der Waals surface area contributed by atoms with Gasteiger partial charge in [-0.2, -0.15) is 0 Å². The molecule has 4 aromatic rings. The molecular formula is C34H38N4O8S. The molecule has 1 atom stereocenters. The quantitative estimate of drug-likeness (QED) is 0.135. The molecule has 1 aliphatic rings. The highest BCUT2D eigenvalue weighted by Gasteiger charge is 2.24. The minimum atomic E-state index is -0.565. The van der Waals surface area contributed by atoms with E-state index in [4.69, 9.17) is 28.7 Å². The second-order valence-corrected chi connectivity index (χ2v) is 11.8. The molecular weight excluding hydrogens is 624 g/mol. The molecule has 0 radical (unpaired) electrons. The van der Waals surface area contributed by atoms with E-state index in [2.05, 4.69) is 10.6 Å². The Morgan fingerprint density at radius 1 is 0.979 bits per heavy atom. The number of aromatic nitrogens is 2. The maximum Gasteiger partial charge on any atom is 0.262 e. The number of benzene rings is 3. The number of anilines is 1. The fourth-order valence-electron chi connectivity index (χ4n) is 5.16. The van der Waals surface area contributed by atoms with E-state index in [0.29, 0.717) is 76.3 Å². The first-order valence-corrected chi connectivity index (χ1v) is 16.1. The van der Waals surface area contributed by atoms with Crippen LogP contribution in [0.15, 0.2) is 64.5 Å². The van der Waals surface area contributed by atoms with Crippen molar-refractivity contribution in [3.8, 4) is 28.7 Å². The Balaban J connectivity index is 1.29. The molecule has 248 valence electrons. The zero-order valence-corrected chi connectivity index (χ0v) is 27.6. The predicted molar refractivity (Wildman–Crippen MR) is 179 cm³/mol. The lowest BCUT2D eigenvalue weighted by atomic mass is 10.1. The summed E-state index contributed by atoms with van der Waals surface area (Å²) in [6, 6.07) is 16.1. The standard InChI is InChI=1S/C34H38N4O8S/c1-5-30(32(40)36-23-9-6-7-10-25(23)42-2)47-34-37-24-19-29-28(45-20-46-29)18-22(24)33(41)38(34)16-8-11-31(39)35-15-14-21-12-13-26(43-3)27(17-21)44-4/h6-7,9-10,12-13,17-19,30H,5,8,11,14-16,20H2,1-4H3,(H,35,39)(H,36,40)/t30-/m1/s1. The summed E-state index contributed by atoms with van der Waals surface area (Å²) in [5.41, 5.74) is 1.70. The average molecular weight is 663 g/mol. The number of para-hydroxylation sites is 2. The van der Waals surface area contributed by atoms with Crippen LogP contribution in [0, 0.1) is 0 Å². The van der Waals surface area contributed by atoms with E-state index in [1.54, 1.807) is 45.6 Å². The largest absolute Gasteiger partial charge is 0.495 e. The van der Waals surface area contributed by atoms with Crippen molar-refractivity contribution in [3.05, 3.63) is 70.5 Å². The van der Waals surface area contributed by atoms with Crippen molar-refractivity contribution in [1.82, 2.24) is 14.9 Å². The average Bonchev–Trinajstić information content (AvgIpc) is 3.55. The highest BCUT2D eigenvalue weighted by atomic mass is 32.2. The highest BCUT2D eigenvalue weighted by molar-refractivity contribution is 8.00. The Bertz CT molecular complexity index is 1810. The van der Waals surface area contributed by atoms with Crippen LogP contribution in [0.25, 0.3) is 10.9 Å². The van der Waals surface area contributed by atoms with Gasteiger partial charge in [-0.05, 0) is 55.2 Å². The fraction of sp³-hybridized carbons (Fsp3) is 0.353. The van der Waals surface area contributed by atoms with E-state index >= 15 is 0 Å². The van der Waals surface area contributed by atoms with Gasteiger partial charge in [0.05, 0.1) is 43.2 Å². The van der Waals surface area contributed by atoms with E-state index in [1.165, 1.54) is 16.3 Å². The monoisotopic (exact) mass is 662 g/mol. The number of fused-ring (bicyclic) bond motifs is 2. The number of hydrogen-bond acceptors (Lipinski definition) is 10. The number of carbonyl (C=O) groups excluding carboxylic acids is 2. The van der Waals surface area contributed by atoms with E-state index in [0.717, 1.165) is 5.56 Å². The van der Waals surface area contributed by atoms with Crippen molar-refractivity contribution in [2.75, 3.05) is 40.0 Å². The van der Waals surface area contributed by atoms with Crippen molar-refractivity contribution < 1.29 is 33.3 Å². The van der Waals surface area contributed by atoms with Gasteiger partial charge in [0.1, 0.15) is 5.75 Å². The van der Waals surface area contributed by atoms with Crippen LogP contribution < -0.4 is 39.9 Å². The zero-order chi connectivity index (χ0) is 33.3. The van der Waals surface area contributed by atoms with Gasteiger partial charge in [0, 0.05) is 25.6 Å². The molecule has 5 rings (SSSR count). The Morgan fingerprint density at radius 3 is 2.47 bits per heavy atom. The molecule has 2 N–H and O–H groups in total. The van der Waals surface area contributed by atoms with Crippen molar-refractivity contribution in [2.45, 2.75) is 49.6 Å². The SMILES string of the molecule is CC[C@@H](Sc1nc2cc3c(cc2c(=O)n1CCCC(=O)NCCc1ccc(OC)c(OC)c1)OCO3)C(=O)Nc1ccccc1OC. The number of nitrogens with one attached hydrogen (secondary N) is 2. The molecule has 0 fully saturated rings. The van der Waals surface area contributed by atoms with Gasteiger partial charge in [-0.1, -0.05) is 36.9 Å². The molecule has 3 aromatic carbocycles. The Kier molecular flexibility index (Phi) is 11.1. The molecule has 2 heterocycles. The summed E-state index contributed by atoms with van der Waals surface area (Å²) >= 11 is 1.20. The number of hydrogen-bond donors (Lipinski definition) is 2. The molecule has 0 saturated heterocycles. The third kappa shape index (κ3) is 7.91. The smallest absolute Gasteiger partial charge is 0.262 e. The number of carbonyl (C=O) groups is 2. The van der Waals surface area contributed by atoms with Crippen molar-refractivity contribution >= 4 is 40.2 Å². The van der Waals surface area contributed by atoms with Gasteiger partial charge in [-0.25, -0.2) is 4.98 Å². The lowest BCUT2D eigenvalue weighted by Gasteiger charge is -2.19. The van der Waals surface area contributed by atoms with E-state index in [1.807, 2.05) is 37.3 Å². The summed E-state index contributed by atoms with van der Waals surface area (Å²) in [6.45, 7) is 2.63. The van der Waals surface area contributed by atoms with Gasteiger partial charge in [0.25, 0.3) is 5.56 Å². The molecule has 1 aliphatic heterocycles. The highest BCUT2D eigenvalue weighted by Crippen LogP contribution is 2.36. The summed E-state index contributed by atoms with van der Waals surface area (Å²) in [4.78, 5) is 44.8. The van der Waals surface area contributed by atoms with Gasteiger partial charge >= 0.3 is 0 Å². The number of thioether (sulfide) groups is 1. The summed E-state index contributed by atoms with van der Waals surface area (Å²) in [7, 11) is 4.70. The van der Waals surface area contributed by atoms with Crippen LogP contribution in [0.3, 0.4) is 0 Å². The van der Waals surface area contributed by atoms with Crippen LogP contribution in [0.2, 0.25) is 0 Å². The minimum Gasteiger partial charge on any atom is -0.495 e. The maximum absolute atomic E-state index is 13.8. The first-order valence-electron chi connectivity index (χ1n) is 15.3.